The van der Waals surface area contributed by atoms with Crippen LogP contribution in [0, 0.1) is 0 Å². The summed E-state index contributed by atoms with van der Waals surface area (Å²) in [6.07, 6.45) is 15.7. The molecule has 0 heterocycles. The Morgan fingerprint density at radius 1 is 0.765 bits per heavy atom. The van der Waals surface area contributed by atoms with Gasteiger partial charge in [0, 0.05) is 6.42 Å². The van der Waals surface area contributed by atoms with Crippen LogP contribution in [0.25, 0.3) is 0 Å². The number of carbonyl (C=O) groups excluding carboxylic acids is 2. The van der Waals surface area contributed by atoms with E-state index in [0.717, 1.165) is 31.8 Å². The molecule has 0 aromatic heterocycles. The van der Waals surface area contributed by atoms with Gasteiger partial charge in [0.1, 0.15) is 12.6 Å². The van der Waals surface area contributed by atoms with E-state index in [1.54, 1.807) is 6.08 Å². The van der Waals surface area contributed by atoms with Crippen molar-refractivity contribution >= 4 is 12.6 Å². The standard InChI is InChI=1S/C8H16O.C7H12O/c1-2-3-4-5-6-7-8-9;1-2-3-4-5-6-7-8/h8H,2-7H2,1H3;5-7H,2-4H2,1H3. The molecule has 0 bridgehead atoms. The lowest BCUT2D eigenvalue weighted by Gasteiger charge is -1.93. The van der Waals surface area contributed by atoms with Crippen LogP contribution in [0.15, 0.2) is 12.2 Å². The maximum Gasteiger partial charge on any atom is 0.142 e. The van der Waals surface area contributed by atoms with Crippen molar-refractivity contribution in [1.82, 2.24) is 0 Å². The fraction of sp³-hybridized carbons (Fsp3) is 0.733. The third-order valence-corrected chi connectivity index (χ3v) is 2.36. The molecule has 0 aliphatic rings. The first-order valence-corrected chi connectivity index (χ1v) is 6.87. The van der Waals surface area contributed by atoms with Gasteiger partial charge >= 0.3 is 0 Å². The molecule has 2 nitrogen and oxygen atoms in total. The smallest absolute Gasteiger partial charge is 0.142 e. The molecule has 2 heteroatoms. The molecule has 0 atom stereocenters. The minimum atomic E-state index is 0.754. The van der Waals surface area contributed by atoms with Gasteiger partial charge in [0.25, 0.3) is 0 Å². The van der Waals surface area contributed by atoms with E-state index in [4.69, 9.17) is 0 Å². The first kappa shape index (κ1) is 18.4. The molecule has 0 amide bonds. The highest BCUT2D eigenvalue weighted by Crippen LogP contribution is 2.02. The highest BCUT2D eigenvalue weighted by atomic mass is 16.1. The summed E-state index contributed by atoms with van der Waals surface area (Å²) in [4.78, 5) is 19.5. The number of unbranched alkanes of at least 4 members (excludes halogenated alkanes) is 7. The summed E-state index contributed by atoms with van der Waals surface area (Å²) in [6.45, 7) is 4.33. The van der Waals surface area contributed by atoms with Crippen LogP contribution in [0.2, 0.25) is 0 Å². The molecule has 0 spiro atoms. The normalized spacial score (nSPS) is 9.76. The van der Waals surface area contributed by atoms with E-state index in [9.17, 15) is 9.59 Å². The van der Waals surface area contributed by atoms with Gasteiger partial charge < -0.3 is 4.79 Å². The van der Waals surface area contributed by atoms with E-state index in [1.165, 1.54) is 38.5 Å². The Balaban J connectivity index is 0. The Morgan fingerprint density at radius 3 is 1.94 bits per heavy atom. The zero-order valence-corrected chi connectivity index (χ0v) is 11.5. The number of rotatable bonds is 10. The molecular weight excluding hydrogens is 212 g/mol. The molecule has 0 fully saturated rings. The molecular formula is C15H28O2. The zero-order chi connectivity index (χ0) is 13.2. The number of hydrogen-bond donors (Lipinski definition) is 0. The van der Waals surface area contributed by atoms with Crippen molar-refractivity contribution in [2.24, 2.45) is 0 Å². The topological polar surface area (TPSA) is 34.1 Å². The Morgan fingerprint density at radius 2 is 1.41 bits per heavy atom. The highest BCUT2D eigenvalue weighted by molar-refractivity contribution is 5.64. The Hall–Kier alpha value is -0.920. The lowest BCUT2D eigenvalue weighted by molar-refractivity contribution is -0.108. The average molecular weight is 240 g/mol. The van der Waals surface area contributed by atoms with Gasteiger partial charge in [-0.25, -0.2) is 0 Å². The molecule has 0 rings (SSSR count). The van der Waals surface area contributed by atoms with E-state index < -0.39 is 0 Å². The number of allylic oxidation sites excluding steroid dienone is 2. The Kier molecular flexibility index (Phi) is 22.2. The minimum absolute atomic E-state index is 0.754. The lowest BCUT2D eigenvalue weighted by Crippen LogP contribution is -1.78. The van der Waals surface area contributed by atoms with E-state index in [0.29, 0.717) is 0 Å². The Labute approximate surface area is 106 Å². The van der Waals surface area contributed by atoms with Gasteiger partial charge in [0.15, 0.2) is 0 Å². The summed E-state index contributed by atoms with van der Waals surface area (Å²) in [5, 5.41) is 0. The molecule has 0 aliphatic carbocycles. The van der Waals surface area contributed by atoms with Gasteiger partial charge in [-0.05, 0) is 18.9 Å². The number of carbonyl (C=O) groups is 2. The third-order valence-electron chi connectivity index (χ3n) is 2.36. The van der Waals surface area contributed by atoms with Crippen LogP contribution in [-0.4, -0.2) is 12.6 Å². The second-order valence-corrected chi connectivity index (χ2v) is 4.08. The van der Waals surface area contributed by atoms with E-state index in [2.05, 4.69) is 13.8 Å². The van der Waals surface area contributed by atoms with Gasteiger partial charge in [-0.2, -0.15) is 0 Å². The van der Waals surface area contributed by atoms with Crippen LogP contribution in [0.4, 0.5) is 0 Å². The quantitative estimate of drug-likeness (QED) is 0.320. The first-order chi connectivity index (χ1) is 8.33. The zero-order valence-electron chi connectivity index (χ0n) is 11.5. The summed E-state index contributed by atoms with van der Waals surface area (Å²) < 4.78 is 0. The fourth-order valence-corrected chi connectivity index (χ4v) is 1.30. The minimum Gasteiger partial charge on any atom is -0.303 e. The number of hydrogen-bond acceptors (Lipinski definition) is 2. The SMILES string of the molecule is CCCCC=CC=O.CCCCCCCC=O. The van der Waals surface area contributed by atoms with Crippen LogP contribution in [0.1, 0.15) is 71.6 Å². The van der Waals surface area contributed by atoms with Crippen molar-refractivity contribution < 1.29 is 9.59 Å². The average Bonchev–Trinajstić information content (AvgIpc) is 2.36. The molecule has 0 N–H and O–H groups in total. The van der Waals surface area contributed by atoms with Crippen LogP contribution < -0.4 is 0 Å². The Bertz CT molecular complexity index is 174. The molecule has 17 heavy (non-hydrogen) atoms. The molecule has 0 aromatic rings. The summed E-state index contributed by atoms with van der Waals surface area (Å²) >= 11 is 0. The largest absolute Gasteiger partial charge is 0.303 e. The van der Waals surface area contributed by atoms with Crippen LogP contribution in [0.3, 0.4) is 0 Å². The molecule has 0 aliphatic heterocycles. The molecule has 0 unspecified atom stereocenters. The maximum atomic E-state index is 9.84. The van der Waals surface area contributed by atoms with Gasteiger partial charge in [0.2, 0.25) is 0 Å². The highest BCUT2D eigenvalue weighted by Gasteiger charge is 1.85. The van der Waals surface area contributed by atoms with Gasteiger partial charge in [-0.3, -0.25) is 4.79 Å². The fourth-order valence-electron chi connectivity index (χ4n) is 1.30. The van der Waals surface area contributed by atoms with Crippen molar-refractivity contribution in [1.29, 1.82) is 0 Å². The molecule has 0 radical (unpaired) electrons. The van der Waals surface area contributed by atoms with Crippen molar-refractivity contribution in [3.05, 3.63) is 12.2 Å². The van der Waals surface area contributed by atoms with Crippen molar-refractivity contribution in [2.45, 2.75) is 71.6 Å². The van der Waals surface area contributed by atoms with Crippen LogP contribution in [0.5, 0.6) is 0 Å². The van der Waals surface area contributed by atoms with E-state index >= 15 is 0 Å². The lowest BCUT2D eigenvalue weighted by atomic mass is 10.1. The van der Waals surface area contributed by atoms with Gasteiger partial charge in [-0.15, -0.1) is 0 Å². The van der Waals surface area contributed by atoms with E-state index in [-0.39, 0.29) is 0 Å². The summed E-state index contributed by atoms with van der Waals surface area (Å²) in [7, 11) is 0. The summed E-state index contributed by atoms with van der Waals surface area (Å²) in [6, 6.07) is 0. The van der Waals surface area contributed by atoms with Crippen LogP contribution >= 0.6 is 0 Å². The second-order valence-electron chi connectivity index (χ2n) is 4.08. The second kappa shape index (κ2) is 20.5. The monoisotopic (exact) mass is 240 g/mol. The van der Waals surface area contributed by atoms with E-state index in [1.807, 2.05) is 6.08 Å². The summed E-state index contributed by atoms with van der Waals surface area (Å²) in [5.74, 6) is 0. The van der Waals surface area contributed by atoms with Crippen LogP contribution in [-0.2, 0) is 9.59 Å². The van der Waals surface area contributed by atoms with Gasteiger partial charge in [-0.1, -0.05) is 58.4 Å². The van der Waals surface area contributed by atoms with Crippen molar-refractivity contribution in [3.8, 4) is 0 Å². The number of aldehydes is 2. The predicted octanol–water partition coefficient (Wildman–Crippen LogP) is 4.48. The van der Waals surface area contributed by atoms with Gasteiger partial charge in [0.05, 0.1) is 0 Å². The first-order valence-electron chi connectivity index (χ1n) is 6.87. The van der Waals surface area contributed by atoms with Crippen molar-refractivity contribution in [3.63, 3.8) is 0 Å². The summed E-state index contributed by atoms with van der Waals surface area (Å²) in [5.41, 5.74) is 0. The molecule has 100 valence electrons. The van der Waals surface area contributed by atoms with Crippen molar-refractivity contribution in [2.75, 3.05) is 0 Å². The maximum absolute atomic E-state index is 9.84. The third kappa shape index (κ3) is 25.4. The molecule has 0 aromatic carbocycles. The molecule has 0 saturated carbocycles. The predicted molar refractivity (Wildman–Crippen MR) is 74.2 cm³/mol. The molecule has 0 saturated heterocycles.